The van der Waals surface area contributed by atoms with Gasteiger partial charge >= 0.3 is 0 Å². The van der Waals surface area contributed by atoms with E-state index in [9.17, 15) is 8.42 Å². The molecule has 1 aromatic carbocycles. The molecule has 0 radical (unpaired) electrons. The van der Waals surface area contributed by atoms with Crippen LogP contribution in [0.15, 0.2) is 47.0 Å². The molecule has 0 aliphatic heterocycles. The molecule has 0 N–H and O–H groups in total. The van der Waals surface area contributed by atoms with E-state index in [2.05, 4.69) is 17.1 Å². The Hall–Kier alpha value is -1.55. The summed E-state index contributed by atoms with van der Waals surface area (Å²) in [5.74, 6) is 0. The molecule has 0 amide bonds. The summed E-state index contributed by atoms with van der Waals surface area (Å²) in [6, 6.07) is 7.14. The fourth-order valence-electron chi connectivity index (χ4n) is 2.14. The molecular formula is C15H19NO2S. The first-order chi connectivity index (χ1) is 8.88. The van der Waals surface area contributed by atoms with Crippen LogP contribution in [0.4, 0.5) is 0 Å². The zero-order valence-corrected chi connectivity index (χ0v) is 12.4. The van der Waals surface area contributed by atoms with Gasteiger partial charge in [-0.05, 0) is 42.2 Å². The summed E-state index contributed by atoms with van der Waals surface area (Å²) >= 11 is 0. The zero-order chi connectivity index (χ0) is 14.0. The van der Waals surface area contributed by atoms with Crippen LogP contribution in [-0.2, 0) is 9.84 Å². The van der Waals surface area contributed by atoms with Crippen LogP contribution in [0.1, 0.15) is 18.4 Å². The summed E-state index contributed by atoms with van der Waals surface area (Å²) < 4.78 is 22.9. The molecule has 1 aliphatic carbocycles. The SMILES string of the molecule is CN(C)C1=CCCC(c2ccc(S(C)(=O)=O)cc2)=C1. The quantitative estimate of drug-likeness (QED) is 0.852. The Labute approximate surface area is 115 Å². The highest BCUT2D eigenvalue weighted by molar-refractivity contribution is 7.90. The van der Waals surface area contributed by atoms with Crippen molar-refractivity contribution in [1.82, 2.24) is 4.90 Å². The first-order valence-electron chi connectivity index (χ1n) is 6.26. The van der Waals surface area contributed by atoms with Gasteiger partial charge in [0.15, 0.2) is 9.84 Å². The van der Waals surface area contributed by atoms with Crippen LogP contribution in [0.25, 0.3) is 5.57 Å². The van der Waals surface area contributed by atoms with E-state index >= 15 is 0 Å². The van der Waals surface area contributed by atoms with Gasteiger partial charge in [0, 0.05) is 26.0 Å². The van der Waals surface area contributed by atoms with Gasteiger partial charge in [0.05, 0.1) is 4.90 Å². The molecule has 1 aliphatic rings. The topological polar surface area (TPSA) is 37.4 Å². The van der Waals surface area contributed by atoms with E-state index in [4.69, 9.17) is 0 Å². The number of hydrogen-bond acceptors (Lipinski definition) is 3. The molecular weight excluding hydrogens is 258 g/mol. The second-order valence-corrected chi connectivity index (χ2v) is 7.04. The Balaban J connectivity index is 2.31. The Morgan fingerprint density at radius 2 is 1.74 bits per heavy atom. The molecule has 102 valence electrons. The number of nitrogens with zero attached hydrogens (tertiary/aromatic N) is 1. The minimum absolute atomic E-state index is 0.371. The summed E-state index contributed by atoms with van der Waals surface area (Å²) in [6.07, 6.45) is 7.63. The highest BCUT2D eigenvalue weighted by atomic mass is 32.2. The normalized spacial score (nSPS) is 15.7. The average Bonchev–Trinajstić information content (AvgIpc) is 2.38. The van der Waals surface area contributed by atoms with Gasteiger partial charge in [0.1, 0.15) is 0 Å². The average molecular weight is 277 g/mol. The standard InChI is InChI=1S/C15H19NO2S/c1-16(2)14-6-4-5-13(11-14)12-7-9-15(10-8-12)19(3,17)18/h6-11H,4-5H2,1-3H3. The Morgan fingerprint density at radius 3 is 2.26 bits per heavy atom. The third-order valence-electron chi connectivity index (χ3n) is 3.26. The lowest BCUT2D eigenvalue weighted by molar-refractivity contribution is 0.524. The van der Waals surface area contributed by atoms with Crippen molar-refractivity contribution in [3.8, 4) is 0 Å². The predicted octanol–water partition coefficient (Wildman–Crippen LogP) is 2.71. The van der Waals surface area contributed by atoms with Gasteiger partial charge in [-0.2, -0.15) is 0 Å². The van der Waals surface area contributed by atoms with Crippen molar-refractivity contribution < 1.29 is 8.42 Å². The van der Waals surface area contributed by atoms with E-state index in [1.54, 1.807) is 12.1 Å². The maximum atomic E-state index is 11.4. The molecule has 19 heavy (non-hydrogen) atoms. The number of allylic oxidation sites excluding steroid dienone is 3. The number of hydrogen-bond donors (Lipinski definition) is 0. The molecule has 0 spiro atoms. The third kappa shape index (κ3) is 3.26. The zero-order valence-electron chi connectivity index (χ0n) is 11.6. The molecule has 0 saturated carbocycles. The molecule has 0 atom stereocenters. The minimum atomic E-state index is -3.11. The van der Waals surface area contributed by atoms with Gasteiger partial charge in [-0.3, -0.25) is 0 Å². The van der Waals surface area contributed by atoms with E-state index in [1.807, 2.05) is 26.2 Å². The van der Waals surface area contributed by atoms with Gasteiger partial charge in [0.25, 0.3) is 0 Å². The highest BCUT2D eigenvalue weighted by Gasteiger charge is 2.11. The lowest BCUT2D eigenvalue weighted by Gasteiger charge is -2.20. The molecule has 0 bridgehead atoms. The smallest absolute Gasteiger partial charge is 0.175 e. The second kappa shape index (κ2) is 5.21. The molecule has 0 fully saturated rings. The van der Waals surface area contributed by atoms with Gasteiger partial charge in [-0.15, -0.1) is 0 Å². The minimum Gasteiger partial charge on any atom is -0.378 e. The van der Waals surface area contributed by atoms with Crippen molar-refractivity contribution in [2.75, 3.05) is 20.4 Å². The molecule has 0 unspecified atom stereocenters. The van der Waals surface area contributed by atoms with E-state index in [0.717, 1.165) is 18.4 Å². The lowest BCUT2D eigenvalue weighted by Crippen LogP contribution is -2.11. The van der Waals surface area contributed by atoms with Crippen molar-refractivity contribution in [3.05, 3.63) is 47.7 Å². The van der Waals surface area contributed by atoms with Crippen molar-refractivity contribution in [2.24, 2.45) is 0 Å². The van der Waals surface area contributed by atoms with Gasteiger partial charge < -0.3 is 4.90 Å². The molecule has 2 rings (SSSR count). The summed E-state index contributed by atoms with van der Waals surface area (Å²) in [4.78, 5) is 2.46. The maximum Gasteiger partial charge on any atom is 0.175 e. The van der Waals surface area contributed by atoms with Crippen LogP contribution in [-0.4, -0.2) is 33.7 Å². The fourth-order valence-corrected chi connectivity index (χ4v) is 2.77. The number of rotatable bonds is 3. The maximum absolute atomic E-state index is 11.4. The predicted molar refractivity (Wildman–Crippen MR) is 78.5 cm³/mol. The van der Waals surface area contributed by atoms with Gasteiger partial charge in [0.2, 0.25) is 0 Å². The van der Waals surface area contributed by atoms with Crippen molar-refractivity contribution in [2.45, 2.75) is 17.7 Å². The monoisotopic (exact) mass is 277 g/mol. The highest BCUT2D eigenvalue weighted by Crippen LogP contribution is 2.27. The largest absolute Gasteiger partial charge is 0.378 e. The second-order valence-electron chi connectivity index (χ2n) is 5.03. The number of sulfone groups is 1. The third-order valence-corrected chi connectivity index (χ3v) is 4.39. The molecule has 0 aromatic heterocycles. The summed E-state index contributed by atoms with van der Waals surface area (Å²) in [7, 11) is 0.938. The summed E-state index contributed by atoms with van der Waals surface area (Å²) in [5.41, 5.74) is 3.56. The first kappa shape index (κ1) is 13.9. The van der Waals surface area contributed by atoms with E-state index < -0.39 is 9.84 Å². The molecule has 0 heterocycles. The fraction of sp³-hybridized carbons (Fsp3) is 0.333. The number of likely N-dealkylation sites (N-methyl/N-ethyl adjacent to an activating group) is 1. The lowest BCUT2D eigenvalue weighted by atomic mass is 9.96. The van der Waals surface area contributed by atoms with E-state index in [0.29, 0.717) is 4.90 Å². The Kier molecular flexibility index (Phi) is 3.80. The van der Waals surface area contributed by atoms with Crippen LogP contribution in [0.2, 0.25) is 0 Å². The van der Waals surface area contributed by atoms with Crippen molar-refractivity contribution in [1.29, 1.82) is 0 Å². The molecule has 3 nitrogen and oxygen atoms in total. The van der Waals surface area contributed by atoms with E-state index in [-0.39, 0.29) is 0 Å². The van der Waals surface area contributed by atoms with Crippen molar-refractivity contribution >= 4 is 15.4 Å². The Bertz CT molecular complexity index is 623. The van der Waals surface area contributed by atoms with Crippen LogP contribution >= 0.6 is 0 Å². The van der Waals surface area contributed by atoms with Crippen LogP contribution in [0.5, 0.6) is 0 Å². The van der Waals surface area contributed by atoms with Gasteiger partial charge in [-0.1, -0.05) is 18.2 Å². The Morgan fingerprint density at radius 1 is 1.11 bits per heavy atom. The van der Waals surface area contributed by atoms with Crippen LogP contribution < -0.4 is 0 Å². The van der Waals surface area contributed by atoms with Crippen LogP contribution in [0.3, 0.4) is 0 Å². The van der Waals surface area contributed by atoms with Crippen molar-refractivity contribution in [3.63, 3.8) is 0 Å². The summed E-state index contributed by atoms with van der Waals surface area (Å²) in [6.45, 7) is 0. The number of benzene rings is 1. The van der Waals surface area contributed by atoms with E-state index in [1.165, 1.54) is 17.5 Å². The van der Waals surface area contributed by atoms with Crippen LogP contribution in [0, 0.1) is 0 Å². The molecule has 4 heteroatoms. The van der Waals surface area contributed by atoms with Gasteiger partial charge in [-0.25, -0.2) is 8.42 Å². The molecule has 0 saturated heterocycles. The first-order valence-corrected chi connectivity index (χ1v) is 8.15. The summed E-state index contributed by atoms with van der Waals surface area (Å²) in [5, 5.41) is 0. The molecule has 1 aromatic rings.